The number of benzene rings is 3. The van der Waals surface area contributed by atoms with Crippen LogP contribution in [0.4, 0.5) is 34.3 Å². The fourth-order valence-electron chi connectivity index (χ4n) is 13.4. The molecule has 3 saturated heterocycles. The molecule has 3 aliphatic carbocycles. The number of allylic oxidation sites excluding steroid dienone is 2. The van der Waals surface area contributed by atoms with Gasteiger partial charge in [-0.05, 0) is 111 Å². The molecule has 8 N–H and O–H groups in total. The number of amidine groups is 2. The predicted molar refractivity (Wildman–Crippen MR) is 349 cm³/mol. The molecule has 0 radical (unpaired) electrons. The van der Waals surface area contributed by atoms with Gasteiger partial charge in [0.1, 0.15) is 52.3 Å². The molecule has 468 valence electrons. The molecule has 0 unspecified atom stereocenters. The molecule has 12 rings (SSSR count). The number of nitrogens with one attached hydrogen (secondary N) is 3. The Bertz CT molecular complexity index is 3440. The fraction of sp³-hybridized carbons (Fsp3) is 0.522. The summed E-state index contributed by atoms with van der Waals surface area (Å²) in [7, 11) is 0. The number of nitrogens with zero attached hydrogens (tertiary/aromatic N) is 10. The second-order valence-electron chi connectivity index (χ2n) is 24.7. The lowest BCUT2D eigenvalue weighted by molar-refractivity contribution is -0.141. The monoisotopic (exact) mass is 1210 g/mol. The number of hydrogen-bond acceptors (Lipinski definition) is 20. The third-order valence-corrected chi connectivity index (χ3v) is 18.5. The van der Waals surface area contributed by atoms with Crippen molar-refractivity contribution in [1.29, 1.82) is 15.8 Å². The van der Waals surface area contributed by atoms with Crippen LogP contribution in [-0.2, 0) is 25.5 Å². The van der Waals surface area contributed by atoms with Crippen molar-refractivity contribution >= 4 is 74.5 Å². The lowest BCUT2D eigenvalue weighted by atomic mass is 9.85. The average Bonchev–Trinajstić information content (AvgIpc) is 1.57. The van der Waals surface area contributed by atoms with E-state index >= 15 is 0 Å². The maximum Gasteiger partial charge on any atom is 0.351 e. The van der Waals surface area contributed by atoms with E-state index in [0.29, 0.717) is 95.3 Å². The number of aliphatic hydroxyl groups excluding tert-OH is 1. The molecular weight excluding hydrogens is 1120 g/mol. The number of aromatic nitrogens is 2. The van der Waals surface area contributed by atoms with Crippen LogP contribution in [0.3, 0.4) is 0 Å². The van der Waals surface area contributed by atoms with Gasteiger partial charge >= 0.3 is 11.9 Å². The highest BCUT2D eigenvalue weighted by molar-refractivity contribution is 6.13. The molecule has 3 saturated carbocycles. The van der Waals surface area contributed by atoms with Crippen molar-refractivity contribution in [2.75, 3.05) is 100 Å². The molecule has 3 aromatic carbocycles. The largest absolute Gasteiger partial charge is 0.511 e. The number of ether oxygens (including phenoxy) is 2. The number of piperidine rings is 1. The number of rotatable bonds is 11. The lowest BCUT2D eigenvalue weighted by Gasteiger charge is -2.34. The maximum absolute atomic E-state index is 12.9. The van der Waals surface area contributed by atoms with Gasteiger partial charge in [0, 0.05) is 89.5 Å². The minimum Gasteiger partial charge on any atom is -0.511 e. The van der Waals surface area contributed by atoms with Crippen molar-refractivity contribution in [3.8, 4) is 18.2 Å². The Morgan fingerprint density at radius 1 is 0.607 bits per heavy atom. The van der Waals surface area contributed by atoms with Crippen LogP contribution in [-0.4, -0.2) is 127 Å². The zero-order chi connectivity index (χ0) is 61.9. The molecule has 6 heterocycles. The molecule has 0 spiro atoms. The number of piperazine rings is 2. The van der Waals surface area contributed by atoms with Crippen molar-refractivity contribution in [1.82, 2.24) is 30.4 Å². The Balaban J connectivity index is 0.000000147. The van der Waals surface area contributed by atoms with Crippen LogP contribution >= 0.6 is 0 Å². The molecule has 1 aromatic heterocycles. The SMILES string of the molecule is N#C/C(C(=O)OCC1CCCCC1)=C1/Cc2cccc(N)c2N=C1N1CCNCC1.N#C/C(C(=O)OCC1CCCCC1)=C1/Nc2cc(N)ccc2N=C1N1CCCCC1.N#CC(=C(O)CCC1CCCCC1)c1nc2ccccc2nc1N1CCNCC1. The Morgan fingerprint density at radius 3 is 1.78 bits per heavy atom. The van der Waals surface area contributed by atoms with Crippen molar-refractivity contribution in [3.05, 3.63) is 100 Å². The second-order valence-corrected chi connectivity index (χ2v) is 24.7. The van der Waals surface area contributed by atoms with Crippen LogP contribution in [0.15, 0.2) is 98.8 Å². The van der Waals surface area contributed by atoms with Gasteiger partial charge in [0.25, 0.3) is 0 Å². The summed E-state index contributed by atoms with van der Waals surface area (Å²) in [5.41, 5.74) is 19.9. The minimum atomic E-state index is -0.581. The van der Waals surface area contributed by atoms with E-state index in [2.05, 4.69) is 48.9 Å². The standard InChI is InChI=1S/2C23H29N5O2.C23H29N5O/c24-14-18(23(29)30-15-16-7-3-1-4-8-16)21-22(28-11-5-2-6-12-28)27-19-10-9-17(25)13-20(19)26-21;24-14-19(23(29)30-15-16-5-2-1-3-6-16)18-13-17-7-4-8-20(25)21(17)27-22(18)28-11-9-26-10-12-28;24-16-18(21(29)11-10-17-6-2-1-3-7-17)22-23(28-14-12-25-13-15-28)27-20-9-5-4-8-19(20)26-22/h9-10,13,16,26H,1-8,11-12,15,25H2;4,7-8,16,26H,1-3,5-6,9-13,15,25H2;4-5,8-9,17,25,29H,1-3,6-7,10-15H2/b21-18-;19-18+;. The number of para-hydroxylation sites is 3. The van der Waals surface area contributed by atoms with Crippen molar-refractivity contribution in [3.63, 3.8) is 0 Å². The normalized spacial score (nSPS) is 20.5. The summed E-state index contributed by atoms with van der Waals surface area (Å²) in [6.07, 6.45) is 23.1. The van der Waals surface area contributed by atoms with Gasteiger partial charge < -0.3 is 56.7 Å². The summed E-state index contributed by atoms with van der Waals surface area (Å²) in [6.45, 7) is 9.01. The van der Waals surface area contributed by atoms with Crippen LogP contribution in [0.1, 0.15) is 140 Å². The Labute approximate surface area is 523 Å². The van der Waals surface area contributed by atoms with Crippen LogP contribution in [0, 0.1) is 51.7 Å². The first kappa shape index (κ1) is 63.5. The molecule has 4 aromatic rings. The number of aliphatic hydroxyl groups is 1. The van der Waals surface area contributed by atoms with Crippen LogP contribution < -0.4 is 32.3 Å². The van der Waals surface area contributed by atoms with Crippen molar-refractivity contribution in [2.45, 2.75) is 135 Å². The number of nitrogens with two attached hydrogens (primary N) is 2. The van der Waals surface area contributed by atoms with Gasteiger partial charge in [-0.1, -0.05) is 94.9 Å². The molecule has 0 amide bonds. The summed E-state index contributed by atoms with van der Waals surface area (Å²) in [6, 6.07) is 25.2. The number of fused-ring (bicyclic) bond motifs is 3. The van der Waals surface area contributed by atoms with Crippen LogP contribution in [0.5, 0.6) is 0 Å². The number of carbonyl (C=O) groups excluding carboxylic acids is 2. The summed E-state index contributed by atoms with van der Waals surface area (Å²) < 4.78 is 11.2. The summed E-state index contributed by atoms with van der Waals surface area (Å²) >= 11 is 0. The van der Waals surface area contributed by atoms with Gasteiger partial charge in [0.15, 0.2) is 17.2 Å². The molecule has 5 aliphatic heterocycles. The molecule has 20 heteroatoms. The van der Waals surface area contributed by atoms with E-state index < -0.39 is 11.9 Å². The molecule has 89 heavy (non-hydrogen) atoms. The first-order chi connectivity index (χ1) is 43.6. The van der Waals surface area contributed by atoms with E-state index in [1.54, 1.807) is 12.1 Å². The zero-order valence-electron chi connectivity index (χ0n) is 51.5. The molecule has 8 aliphatic rings. The first-order valence-electron chi connectivity index (χ1n) is 32.7. The third-order valence-electron chi connectivity index (χ3n) is 18.5. The number of nitrogen functional groups attached to an aromatic ring is 2. The molecule has 20 nitrogen and oxygen atoms in total. The van der Waals surface area contributed by atoms with Gasteiger partial charge in [-0.25, -0.2) is 29.5 Å². The summed E-state index contributed by atoms with van der Waals surface area (Å²) in [4.78, 5) is 51.5. The van der Waals surface area contributed by atoms with Gasteiger partial charge in [-0.3, -0.25) is 0 Å². The van der Waals surface area contributed by atoms with E-state index in [0.717, 1.165) is 138 Å². The van der Waals surface area contributed by atoms with E-state index in [4.69, 9.17) is 40.9 Å². The van der Waals surface area contributed by atoms with E-state index in [9.17, 15) is 30.5 Å². The third kappa shape index (κ3) is 16.4. The Kier molecular flexibility index (Phi) is 22.5. The topological polar surface area (TPSA) is 293 Å². The number of aliphatic imine (C=N–C) groups is 2. The highest BCUT2D eigenvalue weighted by Gasteiger charge is 2.33. The van der Waals surface area contributed by atoms with Crippen molar-refractivity contribution in [2.24, 2.45) is 27.7 Å². The van der Waals surface area contributed by atoms with Gasteiger partial charge in [0.05, 0.1) is 47.0 Å². The Hall–Kier alpha value is -8.51. The number of nitriles is 3. The number of esters is 2. The predicted octanol–water partition coefficient (Wildman–Crippen LogP) is 11.0. The maximum atomic E-state index is 12.9. The highest BCUT2D eigenvalue weighted by atomic mass is 16.5. The van der Waals surface area contributed by atoms with Crippen molar-refractivity contribution < 1.29 is 24.2 Å². The number of anilines is 4. The van der Waals surface area contributed by atoms with E-state index in [-0.39, 0.29) is 22.5 Å². The quantitative estimate of drug-likeness (QED) is 0.0267. The number of likely N-dealkylation sites (tertiary alicyclic amines) is 1. The number of hydrogen-bond donors (Lipinski definition) is 6. The molecular formula is C69H87N15O5. The first-order valence-corrected chi connectivity index (χ1v) is 32.7. The summed E-state index contributed by atoms with van der Waals surface area (Å²) in [5, 5.41) is 50.4. The van der Waals surface area contributed by atoms with Gasteiger partial charge in [0.2, 0.25) is 0 Å². The Morgan fingerprint density at radius 2 is 1.17 bits per heavy atom. The smallest absolute Gasteiger partial charge is 0.351 e. The fourth-order valence-corrected chi connectivity index (χ4v) is 13.4. The van der Waals surface area contributed by atoms with Crippen LogP contribution in [0.25, 0.3) is 16.6 Å². The lowest BCUT2D eigenvalue weighted by Crippen LogP contribution is -2.47. The van der Waals surface area contributed by atoms with E-state index in [1.807, 2.05) is 48.5 Å². The van der Waals surface area contributed by atoms with Crippen LogP contribution in [0.2, 0.25) is 0 Å². The zero-order valence-corrected chi connectivity index (χ0v) is 51.5. The van der Waals surface area contributed by atoms with Gasteiger partial charge in [-0.2, -0.15) is 15.8 Å². The highest BCUT2D eigenvalue weighted by Crippen LogP contribution is 2.39. The molecule has 0 bridgehead atoms. The molecule has 0 atom stereocenters. The van der Waals surface area contributed by atoms with Gasteiger partial charge in [-0.15, -0.1) is 0 Å². The average molecular weight is 1210 g/mol. The van der Waals surface area contributed by atoms with E-state index in [1.165, 1.54) is 77.0 Å². The molecule has 6 fully saturated rings. The second kappa shape index (κ2) is 31.6. The summed E-state index contributed by atoms with van der Waals surface area (Å²) in [5.74, 6) is 2.50. The number of carbonyl (C=O) groups is 2. The minimum absolute atomic E-state index is 0.0248.